The van der Waals surface area contributed by atoms with Gasteiger partial charge in [0.05, 0.1) is 34.5 Å². The largest absolute Gasteiger partial charge is 0.478 e. The van der Waals surface area contributed by atoms with Crippen LogP contribution < -0.4 is 15.0 Å². The van der Waals surface area contributed by atoms with Crippen molar-refractivity contribution < 1.29 is 32.2 Å². The van der Waals surface area contributed by atoms with Crippen LogP contribution in [0, 0.1) is 11.3 Å². The summed E-state index contributed by atoms with van der Waals surface area (Å²) in [5, 5.41) is 12.9. The molecule has 10 nitrogen and oxygen atoms in total. The van der Waals surface area contributed by atoms with Crippen LogP contribution in [-0.2, 0) is 21.1 Å². The van der Waals surface area contributed by atoms with Crippen LogP contribution in [0.4, 0.5) is 23.7 Å². The Morgan fingerprint density at radius 1 is 1.10 bits per heavy atom. The maximum Gasteiger partial charge on any atom is 0.416 e. The Morgan fingerprint density at radius 3 is 2.48 bits per heavy atom. The number of rotatable bonds is 7. The summed E-state index contributed by atoms with van der Waals surface area (Å²) in [7, 11) is 0. The fourth-order valence-corrected chi connectivity index (χ4v) is 6.20. The molecule has 2 aliphatic heterocycles. The average molecular weight is 665 g/mol. The molecular formula is C35H39F3N6O4. The summed E-state index contributed by atoms with van der Waals surface area (Å²) in [5.74, 6) is 0.0827. The van der Waals surface area contributed by atoms with Crippen molar-refractivity contribution in [3.05, 3.63) is 71.7 Å². The van der Waals surface area contributed by atoms with Crippen LogP contribution in [-0.4, -0.2) is 71.3 Å². The normalized spacial score (nSPS) is 17.8. The third kappa shape index (κ3) is 7.48. The van der Waals surface area contributed by atoms with E-state index in [9.17, 15) is 28.0 Å². The van der Waals surface area contributed by atoms with Crippen molar-refractivity contribution in [2.75, 3.05) is 37.7 Å². The number of nitrogens with one attached hydrogen (secondary N) is 1. The number of hydrogen-bond acceptors (Lipinski definition) is 8. The molecule has 5 rings (SSSR count). The Kier molecular flexibility index (Phi) is 9.84. The zero-order chi connectivity index (χ0) is 34.7. The molecule has 2 amide bonds. The van der Waals surface area contributed by atoms with Gasteiger partial charge < -0.3 is 24.6 Å². The lowest BCUT2D eigenvalue weighted by molar-refractivity contribution is -0.137. The Hall–Kier alpha value is -4.86. The number of benzene rings is 1. The molecule has 0 spiro atoms. The first kappa shape index (κ1) is 34.5. The zero-order valence-corrected chi connectivity index (χ0v) is 27.4. The van der Waals surface area contributed by atoms with Gasteiger partial charge in [-0.25, -0.2) is 9.78 Å². The third-order valence-corrected chi connectivity index (χ3v) is 8.62. The van der Waals surface area contributed by atoms with E-state index in [2.05, 4.69) is 10.3 Å². The number of carbonyl (C=O) groups is 2. The molecule has 1 aromatic carbocycles. The monoisotopic (exact) mass is 664 g/mol. The smallest absolute Gasteiger partial charge is 0.416 e. The highest BCUT2D eigenvalue weighted by Crippen LogP contribution is 2.41. The Balaban J connectivity index is 1.45. The lowest BCUT2D eigenvalue weighted by Crippen LogP contribution is -2.54. The van der Waals surface area contributed by atoms with Gasteiger partial charge in [0.2, 0.25) is 11.8 Å². The molecule has 2 aromatic heterocycles. The Morgan fingerprint density at radius 2 is 1.85 bits per heavy atom. The second kappa shape index (κ2) is 13.7. The van der Waals surface area contributed by atoms with Gasteiger partial charge in [-0.05, 0) is 83.4 Å². The van der Waals surface area contributed by atoms with Crippen molar-refractivity contribution in [1.82, 2.24) is 20.2 Å². The predicted octanol–water partition coefficient (Wildman–Crippen LogP) is 6.10. The van der Waals surface area contributed by atoms with Crippen molar-refractivity contribution in [2.45, 2.75) is 70.2 Å². The van der Waals surface area contributed by atoms with Gasteiger partial charge in [0.25, 0.3) is 0 Å². The number of likely N-dealkylation sites (tertiary alicyclic amines) is 1. The Bertz CT molecular complexity index is 1680. The second-order valence-electron chi connectivity index (χ2n) is 13.0. The fourth-order valence-electron chi connectivity index (χ4n) is 6.20. The maximum absolute atomic E-state index is 14.4. The molecule has 0 bridgehead atoms. The summed E-state index contributed by atoms with van der Waals surface area (Å²) < 4.78 is 51.6. The molecule has 13 heteroatoms. The SMILES string of the molecule is CCOc1nc(C2(C(=O)N[C@@H]3CCN(C(=O)OC(C)(C)C)C3)CCN(c3ccc(C(F)(F)F)cc3C#N)CC2)ccc1-c1cccnc1. The van der Waals surface area contributed by atoms with E-state index in [0.717, 1.165) is 17.7 Å². The van der Waals surface area contributed by atoms with Gasteiger partial charge in [-0.2, -0.15) is 18.4 Å². The van der Waals surface area contributed by atoms with E-state index in [4.69, 9.17) is 14.5 Å². The number of anilines is 1. The van der Waals surface area contributed by atoms with E-state index in [1.54, 1.807) is 44.1 Å². The van der Waals surface area contributed by atoms with Gasteiger partial charge in [-0.1, -0.05) is 6.07 Å². The quantitative estimate of drug-likeness (QED) is 0.322. The molecule has 48 heavy (non-hydrogen) atoms. The highest BCUT2D eigenvalue weighted by molar-refractivity contribution is 5.89. The van der Waals surface area contributed by atoms with E-state index in [1.807, 2.05) is 36.1 Å². The minimum atomic E-state index is -4.58. The molecule has 1 atom stereocenters. The molecule has 2 saturated heterocycles. The third-order valence-electron chi connectivity index (χ3n) is 8.62. The van der Waals surface area contributed by atoms with E-state index < -0.39 is 28.8 Å². The number of piperidine rings is 1. The van der Waals surface area contributed by atoms with Crippen LogP contribution in [0.5, 0.6) is 5.88 Å². The highest BCUT2D eigenvalue weighted by Gasteiger charge is 2.46. The summed E-state index contributed by atoms with van der Waals surface area (Å²) in [6, 6.07) is 12.1. The van der Waals surface area contributed by atoms with E-state index in [1.165, 1.54) is 6.07 Å². The number of pyridine rings is 2. The average Bonchev–Trinajstić information content (AvgIpc) is 3.52. The highest BCUT2D eigenvalue weighted by atomic mass is 19.4. The molecule has 2 fully saturated rings. The summed E-state index contributed by atoms with van der Waals surface area (Å²) in [6.07, 6.45) is -0.586. The number of alkyl halides is 3. The molecule has 254 valence electrons. The number of halogens is 3. The number of nitrogens with zero attached hydrogens (tertiary/aromatic N) is 5. The number of aromatic nitrogens is 2. The number of amides is 2. The lowest BCUT2D eigenvalue weighted by Gasteiger charge is -2.42. The molecule has 0 aliphatic carbocycles. The van der Waals surface area contributed by atoms with Gasteiger partial charge >= 0.3 is 12.3 Å². The summed E-state index contributed by atoms with van der Waals surface area (Å²) >= 11 is 0. The van der Waals surface area contributed by atoms with Crippen molar-refractivity contribution in [3.63, 3.8) is 0 Å². The molecular weight excluding hydrogens is 625 g/mol. The molecule has 3 aromatic rings. The standard InChI is InChI=1S/C35H39F3N6O4/c1-5-47-30-27(23-7-6-15-40-21-23)9-11-29(42-30)34(31(45)41-26-12-16-44(22-26)32(46)48-33(2,3)4)13-17-43(18-14-34)28-10-8-25(35(36,37)38)19-24(28)20-39/h6-11,15,19,21,26H,5,12-14,16-18,22H2,1-4H3,(H,41,45)/t26-/m1/s1. The lowest BCUT2D eigenvalue weighted by atomic mass is 9.73. The number of hydrogen-bond donors (Lipinski definition) is 1. The molecule has 2 aliphatic rings. The minimum absolute atomic E-state index is 0.0902. The first-order chi connectivity index (χ1) is 22.7. The number of nitriles is 1. The first-order valence-electron chi connectivity index (χ1n) is 15.9. The van der Waals surface area contributed by atoms with Crippen LogP contribution >= 0.6 is 0 Å². The van der Waals surface area contributed by atoms with Gasteiger partial charge in [0.1, 0.15) is 11.7 Å². The van der Waals surface area contributed by atoms with Crippen LogP contribution in [0.25, 0.3) is 11.1 Å². The summed E-state index contributed by atoms with van der Waals surface area (Å²) in [5.41, 5.74) is -0.389. The molecule has 0 radical (unpaired) electrons. The van der Waals surface area contributed by atoms with E-state index >= 15 is 0 Å². The second-order valence-corrected chi connectivity index (χ2v) is 13.0. The van der Waals surface area contributed by atoms with Crippen molar-refractivity contribution in [3.8, 4) is 23.1 Å². The van der Waals surface area contributed by atoms with Crippen molar-refractivity contribution in [1.29, 1.82) is 5.26 Å². The summed E-state index contributed by atoms with van der Waals surface area (Å²) in [6.45, 7) is 8.84. The van der Waals surface area contributed by atoms with Crippen LogP contribution in [0.1, 0.15) is 63.8 Å². The van der Waals surface area contributed by atoms with Gasteiger partial charge in [0.15, 0.2) is 0 Å². The Labute approximate surface area is 277 Å². The fraction of sp³-hybridized carbons (Fsp3) is 0.457. The van der Waals surface area contributed by atoms with Gasteiger partial charge in [-0.15, -0.1) is 0 Å². The minimum Gasteiger partial charge on any atom is -0.478 e. The molecule has 0 saturated carbocycles. The van der Waals surface area contributed by atoms with Crippen LogP contribution in [0.2, 0.25) is 0 Å². The van der Waals surface area contributed by atoms with Crippen LogP contribution in [0.15, 0.2) is 54.9 Å². The number of carbonyl (C=O) groups excluding carboxylic acids is 2. The summed E-state index contributed by atoms with van der Waals surface area (Å²) in [4.78, 5) is 39.6. The maximum atomic E-state index is 14.4. The van der Waals surface area contributed by atoms with Gasteiger partial charge in [-0.3, -0.25) is 9.78 Å². The van der Waals surface area contributed by atoms with Crippen molar-refractivity contribution in [2.24, 2.45) is 0 Å². The van der Waals surface area contributed by atoms with Crippen molar-refractivity contribution >= 4 is 17.7 Å². The first-order valence-corrected chi connectivity index (χ1v) is 15.9. The van der Waals surface area contributed by atoms with E-state index in [-0.39, 0.29) is 50.0 Å². The van der Waals surface area contributed by atoms with Crippen LogP contribution in [0.3, 0.4) is 0 Å². The topological polar surface area (TPSA) is 121 Å². The molecule has 0 unspecified atom stereocenters. The molecule has 1 N–H and O–H groups in total. The van der Waals surface area contributed by atoms with E-state index in [0.29, 0.717) is 42.4 Å². The zero-order valence-electron chi connectivity index (χ0n) is 27.4. The number of ether oxygens (including phenoxy) is 2. The molecule has 4 heterocycles. The predicted molar refractivity (Wildman–Crippen MR) is 172 cm³/mol. The van der Waals surface area contributed by atoms with Gasteiger partial charge in [0, 0.05) is 55.7 Å².